The maximum absolute atomic E-state index is 13.0. The molecule has 19 heavy (non-hydrogen) atoms. The lowest BCUT2D eigenvalue weighted by Crippen LogP contribution is -2.06. The summed E-state index contributed by atoms with van der Waals surface area (Å²) in [7, 11) is 1.84. The van der Waals surface area contributed by atoms with E-state index in [1.807, 2.05) is 13.1 Å². The van der Waals surface area contributed by atoms with Crippen LogP contribution in [0.4, 0.5) is 10.1 Å². The number of nitrogens with one attached hydrogen (secondary N) is 1. The molecule has 0 amide bonds. The van der Waals surface area contributed by atoms with E-state index >= 15 is 0 Å². The summed E-state index contributed by atoms with van der Waals surface area (Å²) in [5.41, 5.74) is 7.18. The van der Waals surface area contributed by atoms with Gasteiger partial charge < -0.3 is 16.2 Å². The monoisotopic (exact) mass is 278 g/mol. The lowest BCUT2D eigenvalue weighted by Gasteiger charge is -2.11. The van der Waals surface area contributed by atoms with Gasteiger partial charge in [-0.05, 0) is 49.0 Å². The van der Waals surface area contributed by atoms with Crippen LogP contribution >= 0.6 is 11.8 Å². The molecule has 0 saturated carbocycles. The van der Waals surface area contributed by atoms with E-state index in [9.17, 15) is 9.50 Å². The third-order valence-corrected chi connectivity index (χ3v) is 3.81. The van der Waals surface area contributed by atoms with Crippen molar-refractivity contribution >= 4 is 17.4 Å². The Morgan fingerprint density at radius 3 is 2.63 bits per heavy atom. The van der Waals surface area contributed by atoms with Gasteiger partial charge in [0.05, 0.1) is 0 Å². The molecule has 2 rings (SSSR count). The average Bonchev–Trinajstić information content (AvgIpc) is 2.36. The maximum atomic E-state index is 13.0. The van der Waals surface area contributed by atoms with Crippen molar-refractivity contribution in [1.29, 1.82) is 0 Å². The number of benzene rings is 2. The van der Waals surface area contributed by atoms with Gasteiger partial charge in [0.25, 0.3) is 0 Å². The molecule has 2 aromatic carbocycles. The lowest BCUT2D eigenvalue weighted by atomic mass is 10.2. The topological polar surface area (TPSA) is 58.3 Å². The lowest BCUT2D eigenvalue weighted by molar-refractivity contribution is 0.473. The number of phenols is 1. The molecular weight excluding hydrogens is 263 g/mol. The highest BCUT2D eigenvalue weighted by molar-refractivity contribution is 7.99. The van der Waals surface area contributed by atoms with E-state index in [2.05, 4.69) is 5.32 Å². The summed E-state index contributed by atoms with van der Waals surface area (Å²) >= 11 is 1.46. The summed E-state index contributed by atoms with van der Waals surface area (Å²) in [6, 6.07) is 9.51. The molecule has 0 radical (unpaired) electrons. The van der Waals surface area contributed by atoms with E-state index in [1.165, 1.54) is 23.9 Å². The van der Waals surface area contributed by atoms with Gasteiger partial charge in [-0.25, -0.2) is 4.39 Å². The highest BCUT2D eigenvalue weighted by Crippen LogP contribution is 2.35. The van der Waals surface area contributed by atoms with Crippen LogP contribution in [0.15, 0.2) is 46.2 Å². The molecule has 0 fully saturated rings. The average molecular weight is 278 g/mol. The number of hydrogen-bond acceptors (Lipinski definition) is 4. The zero-order valence-corrected chi connectivity index (χ0v) is 11.3. The minimum Gasteiger partial charge on any atom is -0.508 e. The van der Waals surface area contributed by atoms with Gasteiger partial charge >= 0.3 is 0 Å². The molecule has 3 nitrogen and oxygen atoms in total. The van der Waals surface area contributed by atoms with E-state index < -0.39 is 0 Å². The van der Waals surface area contributed by atoms with Crippen molar-refractivity contribution in [3.8, 4) is 5.75 Å². The van der Waals surface area contributed by atoms with Gasteiger partial charge in [-0.15, -0.1) is 0 Å². The molecular formula is C14H15FN2OS. The molecule has 4 N–H and O–H groups in total. The molecule has 2 aromatic rings. The largest absolute Gasteiger partial charge is 0.508 e. The molecule has 0 bridgehead atoms. The van der Waals surface area contributed by atoms with Gasteiger partial charge in [-0.2, -0.15) is 0 Å². The number of nitrogen functional groups attached to an aromatic ring is 1. The van der Waals surface area contributed by atoms with Crippen LogP contribution in [0.2, 0.25) is 0 Å². The van der Waals surface area contributed by atoms with Gasteiger partial charge in [0, 0.05) is 22.0 Å². The Morgan fingerprint density at radius 2 is 1.95 bits per heavy atom. The van der Waals surface area contributed by atoms with Gasteiger partial charge in [0.15, 0.2) is 0 Å². The van der Waals surface area contributed by atoms with Crippen molar-refractivity contribution < 1.29 is 9.50 Å². The summed E-state index contributed by atoms with van der Waals surface area (Å²) in [6.45, 7) is 0.637. The van der Waals surface area contributed by atoms with Gasteiger partial charge in [0.2, 0.25) is 0 Å². The maximum Gasteiger partial charge on any atom is 0.125 e. The second-order valence-electron chi connectivity index (χ2n) is 4.11. The summed E-state index contributed by atoms with van der Waals surface area (Å²) < 4.78 is 13.0. The van der Waals surface area contributed by atoms with Gasteiger partial charge in [-0.3, -0.25) is 0 Å². The number of phenolic OH excluding ortho intramolecular Hbond substituents is 1. The van der Waals surface area contributed by atoms with E-state index in [4.69, 9.17) is 5.73 Å². The third kappa shape index (κ3) is 3.39. The molecule has 0 unspecified atom stereocenters. The summed E-state index contributed by atoms with van der Waals surface area (Å²) in [6.07, 6.45) is 0. The number of anilines is 1. The number of halogens is 1. The van der Waals surface area contributed by atoms with Crippen LogP contribution in [0.3, 0.4) is 0 Å². The number of rotatable bonds is 4. The molecule has 0 spiro atoms. The first kappa shape index (κ1) is 13.7. The smallest absolute Gasteiger partial charge is 0.125 e. The normalized spacial score (nSPS) is 10.6. The Bertz CT molecular complexity index is 590. The van der Waals surface area contributed by atoms with E-state index in [1.54, 1.807) is 18.2 Å². The molecule has 5 heteroatoms. The summed E-state index contributed by atoms with van der Waals surface area (Å²) in [4.78, 5) is 1.77. The van der Waals surface area contributed by atoms with Crippen molar-refractivity contribution in [2.75, 3.05) is 12.8 Å². The molecule has 0 saturated heterocycles. The van der Waals surface area contributed by atoms with E-state index in [0.717, 1.165) is 15.4 Å². The molecule has 0 atom stereocenters. The second kappa shape index (κ2) is 5.95. The number of hydrogen-bond donors (Lipinski definition) is 3. The van der Waals surface area contributed by atoms with Crippen molar-refractivity contribution in [2.24, 2.45) is 0 Å². The highest BCUT2D eigenvalue weighted by Gasteiger charge is 2.08. The fourth-order valence-corrected chi connectivity index (χ4v) is 2.67. The van der Waals surface area contributed by atoms with Crippen LogP contribution < -0.4 is 11.1 Å². The Balaban J connectivity index is 2.32. The molecule has 0 aliphatic carbocycles. The standard InChI is InChI=1S/C14H15FN2OS/c1-17-8-9-6-11(18)3-5-13(9)19-14-4-2-10(15)7-12(14)16/h2-7,17-18H,8,16H2,1H3. The Hall–Kier alpha value is -1.72. The Kier molecular flexibility index (Phi) is 4.29. The summed E-state index contributed by atoms with van der Waals surface area (Å²) in [5.74, 6) is -0.121. The predicted octanol–water partition coefficient (Wildman–Crippen LogP) is 2.98. The van der Waals surface area contributed by atoms with Crippen LogP contribution in [-0.2, 0) is 6.54 Å². The van der Waals surface area contributed by atoms with Crippen molar-refractivity contribution in [3.63, 3.8) is 0 Å². The van der Waals surface area contributed by atoms with E-state index in [0.29, 0.717) is 12.2 Å². The van der Waals surface area contributed by atoms with E-state index in [-0.39, 0.29) is 11.6 Å². The van der Waals surface area contributed by atoms with Crippen molar-refractivity contribution in [3.05, 3.63) is 47.8 Å². The number of nitrogens with two attached hydrogens (primary N) is 1. The first-order valence-electron chi connectivity index (χ1n) is 5.79. The SMILES string of the molecule is CNCc1cc(O)ccc1Sc1ccc(F)cc1N. The van der Waals surface area contributed by atoms with Crippen LogP contribution in [0, 0.1) is 5.82 Å². The Morgan fingerprint density at radius 1 is 1.21 bits per heavy atom. The minimum absolute atomic E-state index is 0.224. The van der Waals surface area contributed by atoms with Crippen LogP contribution in [0.5, 0.6) is 5.75 Å². The molecule has 0 aliphatic heterocycles. The number of aromatic hydroxyl groups is 1. The van der Waals surface area contributed by atoms with Crippen molar-refractivity contribution in [2.45, 2.75) is 16.3 Å². The van der Waals surface area contributed by atoms with Gasteiger partial charge in [0.1, 0.15) is 11.6 Å². The van der Waals surface area contributed by atoms with Gasteiger partial charge in [-0.1, -0.05) is 11.8 Å². The molecule has 100 valence electrons. The fourth-order valence-electron chi connectivity index (χ4n) is 1.72. The summed E-state index contributed by atoms with van der Waals surface area (Å²) in [5, 5.41) is 12.6. The molecule has 0 heterocycles. The second-order valence-corrected chi connectivity index (χ2v) is 5.19. The van der Waals surface area contributed by atoms with Crippen molar-refractivity contribution in [1.82, 2.24) is 5.32 Å². The quantitative estimate of drug-likeness (QED) is 0.753. The molecule has 0 aromatic heterocycles. The zero-order valence-electron chi connectivity index (χ0n) is 10.5. The molecule has 0 aliphatic rings. The minimum atomic E-state index is -0.344. The zero-order chi connectivity index (χ0) is 13.8. The van der Waals surface area contributed by atoms with Crippen LogP contribution in [0.1, 0.15) is 5.56 Å². The fraction of sp³-hybridized carbons (Fsp3) is 0.143. The van der Waals surface area contributed by atoms with Crippen LogP contribution in [-0.4, -0.2) is 12.2 Å². The Labute approximate surface area is 115 Å². The first-order valence-corrected chi connectivity index (χ1v) is 6.61. The first-order chi connectivity index (χ1) is 9.10. The van der Waals surface area contributed by atoms with Crippen LogP contribution in [0.25, 0.3) is 0 Å². The predicted molar refractivity (Wildman–Crippen MR) is 75.8 cm³/mol. The third-order valence-electron chi connectivity index (χ3n) is 2.60. The highest BCUT2D eigenvalue weighted by atomic mass is 32.2.